The predicted octanol–water partition coefficient (Wildman–Crippen LogP) is 2.05. The highest BCUT2D eigenvalue weighted by atomic mass is 32.2. The van der Waals surface area contributed by atoms with Gasteiger partial charge >= 0.3 is 6.03 Å². The molecule has 29 heavy (non-hydrogen) atoms. The van der Waals surface area contributed by atoms with Crippen LogP contribution in [-0.4, -0.2) is 51.2 Å². The van der Waals surface area contributed by atoms with Gasteiger partial charge in [-0.1, -0.05) is 43.2 Å². The molecule has 4 rings (SSSR count). The van der Waals surface area contributed by atoms with Crippen LogP contribution in [0.15, 0.2) is 29.4 Å². The van der Waals surface area contributed by atoms with Gasteiger partial charge in [-0.25, -0.2) is 14.8 Å². The van der Waals surface area contributed by atoms with Gasteiger partial charge < -0.3 is 10.6 Å². The van der Waals surface area contributed by atoms with Crippen molar-refractivity contribution in [3.8, 4) is 0 Å². The van der Waals surface area contributed by atoms with Crippen molar-refractivity contribution in [2.75, 3.05) is 18.1 Å². The van der Waals surface area contributed by atoms with Crippen LogP contribution in [0.2, 0.25) is 0 Å². The average molecular weight is 414 g/mol. The second kappa shape index (κ2) is 7.86. The molecule has 10 heteroatoms. The summed E-state index contributed by atoms with van der Waals surface area (Å²) in [4.78, 5) is 46.2. The van der Waals surface area contributed by atoms with Crippen LogP contribution in [0.5, 0.6) is 0 Å². The fraction of sp³-hybridized carbons (Fsp3) is 0.421. The molecule has 0 unspecified atom stereocenters. The first-order chi connectivity index (χ1) is 14.0. The van der Waals surface area contributed by atoms with E-state index in [0.29, 0.717) is 23.8 Å². The third-order valence-electron chi connectivity index (χ3n) is 5.26. The van der Waals surface area contributed by atoms with Crippen LogP contribution in [0.3, 0.4) is 0 Å². The monoisotopic (exact) mass is 414 g/mol. The summed E-state index contributed by atoms with van der Waals surface area (Å²) in [6.45, 7) is 0. The molecular weight excluding hydrogens is 392 g/mol. The minimum absolute atomic E-state index is 0.0223. The molecule has 3 N–H and O–H groups in total. The summed E-state index contributed by atoms with van der Waals surface area (Å²) in [6.07, 6.45) is 4.04. The summed E-state index contributed by atoms with van der Waals surface area (Å²) >= 11 is 1.14. The van der Waals surface area contributed by atoms with Gasteiger partial charge in [-0.2, -0.15) is 5.01 Å². The summed E-state index contributed by atoms with van der Waals surface area (Å²) < 4.78 is 0. The number of carbonyl (C=O) groups excluding carboxylic acids is 3. The summed E-state index contributed by atoms with van der Waals surface area (Å²) in [5.41, 5.74) is 2.33. The molecular formula is C19H22N6O3S. The number of hydrogen-bond acceptors (Lipinski definition) is 7. The third kappa shape index (κ3) is 3.71. The number of aromatic nitrogens is 2. The SMILES string of the molecule is CNc1nc(SCC(=O)NN2C(=O)NC3(CCCCC3)C2=O)nc2ccccc12. The molecule has 2 heterocycles. The smallest absolute Gasteiger partial charge is 0.344 e. The summed E-state index contributed by atoms with van der Waals surface area (Å²) in [6, 6.07) is 7.01. The molecule has 1 aliphatic carbocycles. The Labute approximate surface area is 172 Å². The van der Waals surface area contributed by atoms with Gasteiger partial charge in [0.2, 0.25) is 5.91 Å². The maximum absolute atomic E-state index is 12.7. The van der Waals surface area contributed by atoms with E-state index in [1.54, 1.807) is 7.05 Å². The number of carbonyl (C=O) groups is 3. The first-order valence-corrected chi connectivity index (χ1v) is 10.5. The van der Waals surface area contributed by atoms with E-state index in [2.05, 4.69) is 26.0 Å². The number of benzene rings is 1. The zero-order valence-corrected chi connectivity index (χ0v) is 16.8. The molecule has 1 saturated heterocycles. The number of thioether (sulfide) groups is 1. The van der Waals surface area contributed by atoms with Gasteiger partial charge in [0.25, 0.3) is 5.91 Å². The maximum atomic E-state index is 12.7. The first kappa shape index (κ1) is 19.4. The maximum Gasteiger partial charge on any atom is 0.344 e. The van der Waals surface area contributed by atoms with Gasteiger partial charge in [-0.15, -0.1) is 0 Å². The van der Waals surface area contributed by atoms with Gasteiger partial charge in [-0.05, 0) is 25.0 Å². The minimum Gasteiger partial charge on any atom is -0.372 e. The Balaban J connectivity index is 1.41. The van der Waals surface area contributed by atoms with Crippen LogP contribution < -0.4 is 16.1 Å². The van der Waals surface area contributed by atoms with Crippen LogP contribution in [-0.2, 0) is 9.59 Å². The highest BCUT2D eigenvalue weighted by molar-refractivity contribution is 7.99. The molecule has 1 aliphatic heterocycles. The van der Waals surface area contributed by atoms with E-state index in [1.165, 1.54) is 0 Å². The Morgan fingerprint density at radius 3 is 2.72 bits per heavy atom. The van der Waals surface area contributed by atoms with Gasteiger partial charge in [0, 0.05) is 12.4 Å². The van der Waals surface area contributed by atoms with E-state index in [-0.39, 0.29) is 11.7 Å². The number of rotatable bonds is 5. The van der Waals surface area contributed by atoms with Crippen molar-refractivity contribution >= 4 is 46.3 Å². The molecule has 1 aromatic carbocycles. The number of fused-ring (bicyclic) bond motifs is 1. The van der Waals surface area contributed by atoms with E-state index in [4.69, 9.17) is 0 Å². The molecule has 2 aromatic rings. The Hall–Kier alpha value is -2.88. The van der Waals surface area contributed by atoms with Crippen LogP contribution in [0.25, 0.3) is 10.9 Å². The Morgan fingerprint density at radius 1 is 1.21 bits per heavy atom. The third-order valence-corrected chi connectivity index (χ3v) is 6.10. The molecule has 4 amide bonds. The Morgan fingerprint density at radius 2 is 1.97 bits per heavy atom. The molecule has 9 nitrogen and oxygen atoms in total. The molecule has 2 fully saturated rings. The van der Waals surface area contributed by atoms with Crippen molar-refractivity contribution < 1.29 is 14.4 Å². The van der Waals surface area contributed by atoms with Crippen molar-refractivity contribution in [3.05, 3.63) is 24.3 Å². The number of hydrogen-bond donors (Lipinski definition) is 3. The van der Waals surface area contributed by atoms with E-state index in [9.17, 15) is 14.4 Å². The Bertz CT molecular complexity index is 976. The van der Waals surface area contributed by atoms with E-state index in [0.717, 1.165) is 46.9 Å². The lowest BCUT2D eigenvalue weighted by Crippen LogP contribution is -2.51. The predicted molar refractivity (Wildman–Crippen MR) is 109 cm³/mol. The normalized spacial score (nSPS) is 18.2. The molecule has 1 saturated carbocycles. The number of para-hydroxylation sites is 1. The van der Waals surface area contributed by atoms with Gasteiger partial charge in [0.05, 0.1) is 11.3 Å². The lowest BCUT2D eigenvalue weighted by Gasteiger charge is -2.30. The number of urea groups is 1. The quantitative estimate of drug-likeness (QED) is 0.389. The lowest BCUT2D eigenvalue weighted by molar-refractivity contribution is -0.139. The standard InChI is InChI=1S/C19H22N6O3S/c1-20-15-12-7-3-4-8-13(12)21-17(22-15)29-11-14(26)24-25-16(27)19(23-18(25)28)9-5-2-6-10-19/h3-4,7-8H,2,5-6,9-11H2,1H3,(H,23,28)(H,24,26)(H,20,21,22). The fourth-order valence-corrected chi connectivity index (χ4v) is 4.46. The van der Waals surface area contributed by atoms with Gasteiger partial charge in [0.1, 0.15) is 11.4 Å². The molecule has 2 aliphatic rings. The second-order valence-electron chi connectivity index (χ2n) is 7.16. The molecule has 0 radical (unpaired) electrons. The van der Waals surface area contributed by atoms with Crippen LogP contribution >= 0.6 is 11.8 Å². The molecule has 1 aromatic heterocycles. The second-order valence-corrected chi connectivity index (χ2v) is 8.10. The molecule has 1 spiro atoms. The lowest BCUT2D eigenvalue weighted by atomic mass is 9.82. The summed E-state index contributed by atoms with van der Waals surface area (Å²) in [7, 11) is 1.77. The number of hydrazine groups is 1. The number of nitrogens with one attached hydrogen (secondary N) is 3. The minimum atomic E-state index is -0.862. The van der Waals surface area contributed by atoms with Crippen molar-refractivity contribution in [2.45, 2.75) is 42.8 Å². The van der Waals surface area contributed by atoms with Gasteiger partial charge in [-0.3, -0.25) is 15.0 Å². The van der Waals surface area contributed by atoms with Crippen molar-refractivity contribution in [1.82, 2.24) is 25.7 Å². The average Bonchev–Trinajstić information content (AvgIpc) is 2.96. The van der Waals surface area contributed by atoms with Crippen LogP contribution in [0.1, 0.15) is 32.1 Å². The molecule has 0 atom stereocenters. The number of imide groups is 1. The number of anilines is 1. The number of amides is 4. The van der Waals surface area contributed by atoms with Crippen molar-refractivity contribution in [2.24, 2.45) is 0 Å². The topological polar surface area (TPSA) is 116 Å². The van der Waals surface area contributed by atoms with Crippen molar-refractivity contribution in [3.63, 3.8) is 0 Å². The molecule has 152 valence electrons. The van der Waals surface area contributed by atoms with Crippen LogP contribution in [0.4, 0.5) is 10.6 Å². The zero-order valence-electron chi connectivity index (χ0n) is 16.0. The van der Waals surface area contributed by atoms with E-state index in [1.807, 2.05) is 24.3 Å². The van der Waals surface area contributed by atoms with E-state index >= 15 is 0 Å². The highest BCUT2D eigenvalue weighted by Gasteiger charge is 2.52. The van der Waals surface area contributed by atoms with Crippen LogP contribution in [0, 0.1) is 0 Å². The summed E-state index contributed by atoms with van der Waals surface area (Å²) in [5.74, 6) is -0.188. The zero-order chi connectivity index (χ0) is 20.4. The van der Waals surface area contributed by atoms with Gasteiger partial charge in [0.15, 0.2) is 5.16 Å². The van der Waals surface area contributed by atoms with E-state index < -0.39 is 17.5 Å². The fourth-order valence-electron chi connectivity index (χ4n) is 3.81. The molecule has 0 bridgehead atoms. The first-order valence-electron chi connectivity index (χ1n) is 9.56. The Kier molecular flexibility index (Phi) is 5.27. The largest absolute Gasteiger partial charge is 0.372 e. The highest BCUT2D eigenvalue weighted by Crippen LogP contribution is 2.33. The summed E-state index contributed by atoms with van der Waals surface area (Å²) in [5, 5.41) is 7.93. The van der Waals surface area contributed by atoms with Crippen molar-refractivity contribution in [1.29, 1.82) is 0 Å². The number of nitrogens with zero attached hydrogens (tertiary/aromatic N) is 3.